The summed E-state index contributed by atoms with van der Waals surface area (Å²) in [6.45, 7) is 5.89. The molecule has 1 rings (SSSR count). The highest BCUT2D eigenvalue weighted by atomic mass is 16.3. The van der Waals surface area contributed by atoms with Gasteiger partial charge in [-0.1, -0.05) is 19.8 Å². The number of rotatable bonds is 6. The maximum atomic E-state index is 9.44. The van der Waals surface area contributed by atoms with E-state index in [0.29, 0.717) is 0 Å². The second-order valence-corrected chi connectivity index (χ2v) is 4.78. The van der Waals surface area contributed by atoms with Crippen molar-refractivity contribution in [2.45, 2.75) is 44.6 Å². The van der Waals surface area contributed by atoms with E-state index in [1.165, 1.54) is 38.8 Å². The van der Waals surface area contributed by atoms with E-state index < -0.39 is 0 Å². The van der Waals surface area contributed by atoms with Crippen molar-refractivity contribution in [3.05, 3.63) is 0 Å². The molecule has 1 heterocycles. The molecular weight excluding hydrogens is 188 g/mol. The van der Waals surface area contributed by atoms with Crippen LogP contribution < -0.4 is 5.32 Å². The van der Waals surface area contributed by atoms with Crippen molar-refractivity contribution in [3.63, 3.8) is 0 Å². The van der Waals surface area contributed by atoms with Crippen LogP contribution >= 0.6 is 0 Å². The van der Waals surface area contributed by atoms with Crippen molar-refractivity contribution in [1.82, 2.24) is 10.2 Å². The number of hydrogen-bond donors (Lipinski definition) is 2. The Hall–Kier alpha value is -0.120. The number of aliphatic hydroxyl groups is 1. The summed E-state index contributed by atoms with van der Waals surface area (Å²) < 4.78 is 0. The lowest BCUT2D eigenvalue weighted by Crippen LogP contribution is -2.58. The van der Waals surface area contributed by atoms with E-state index in [4.69, 9.17) is 0 Å². The number of likely N-dealkylation sites (N-methyl/N-ethyl adjacent to an activating group) is 1. The van der Waals surface area contributed by atoms with Crippen molar-refractivity contribution >= 4 is 0 Å². The van der Waals surface area contributed by atoms with Crippen LogP contribution in [0.15, 0.2) is 0 Å². The minimum Gasteiger partial charge on any atom is -0.394 e. The van der Waals surface area contributed by atoms with Gasteiger partial charge in [0.15, 0.2) is 0 Å². The van der Waals surface area contributed by atoms with E-state index in [-0.39, 0.29) is 12.1 Å². The van der Waals surface area contributed by atoms with Crippen LogP contribution in [0.4, 0.5) is 0 Å². The van der Waals surface area contributed by atoms with Crippen molar-refractivity contribution in [2.24, 2.45) is 0 Å². The van der Waals surface area contributed by atoms with Gasteiger partial charge in [-0.3, -0.25) is 0 Å². The zero-order valence-corrected chi connectivity index (χ0v) is 10.3. The number of nitrogens with one attached hydrogen (secondary N) is 1. The second kappa shape index (κ2) is 6.46. The van der Waals surface area contributed by atoms with Crippen LogP contribution in [-0.2, 0) is 0 Å². The molecule has 0 bridgehead atoms. The van der Waals surface area contributed by atoms with Gasteiger partial charge in [-0.15, -0.1) is 0 Å². The number of likely N-dealkylation sites (tertiary alicyclic amines) is 1. The Morgan fingerprint density at radius 1 is 1.40 bits per heavy atom. The second-order valence-electron chi connectivity index (χ2n) is 4.78. The molecule has 1 aliphatic rings. The lowest BCUT2D eigenvalue weighted by atomic mass is 9.90. The predicted octanol–water partition coefficient (Wildman–Crippen LogP) is 1.22. The molecule has 0 saturated carbocycles. The van der Waals surface area contributed by atoms with Crippen LogP contribution in [0.5, 0.6) is 0 Å². The normalized spacial score (nSPS) is 28.2. The Labute approximate surface area is 93.9 Å². The molecule has 0 amide bonds. The number of aliphatic hydroxyl groups excluding tert-OH is 1. The molecular formula is C12H26N2O. The summed E-state index contributed by atoms with van der Waals surface area (Å²) in [5.74, 6) is 0. The Morgan fingerprint density at radius 3 is 2.80 bits per heavy atom. The predicted molar refractivity (Wildman–Crippen MR) is 64.1 cm³/mol. The number of piperidine rings is 1. The van der Waals surface area contributed by atoms with E-state index in [0.717, 1.165) is 13.0 Å². The van der Waals surface area contributed by atoms with Crippen molar-refractivity contribution in [3.8, 4) is 0 Å². The largest absolute Gasteiger partial charge is 0.394 e. The van der Waals surface area contributed by atoms with Gasteiger partial charge in [0.25, 0.3) is 0 Å². The van der Waals surface area contributed by atoms with Gasteiger partial charge in [-0.2, -0.15) is 0 Å². The molecule has 0 aliphatic carbocycles. The summed E-state index contributed by atoms with van der Waals surface area (Å²) in [5, 5.41) is 12.7. The summed E-state index contributed by atoms with van der Waals surface area (Å²) in [6.07, 6.45) is 6.20. The molecule has 0 aromatic carbocycles. The molecule has 1 aliphatic heterocycles. The molecule has 1 saturated heterocycles. The monoisotopic (exact) mass is 214 g/mol. The molecule has 3 nitrogen and oxygen atoms in total. The first-order valence-corrected chi connectivity index (χ1v) is 6.28. The van der Waals surface area contributed by atoms with Crippen molar-refractivity contribution < 1.29 is 5.11 Å². The third-order valence-corrected chi connectivity index (χ3v) is 3.57. The van der Waals surface area contributed by atoms with E-state index in [1.54, 1.807) is 0 Å². The van der Waals surface area contributed by atoms with Crippen molar-refractivity contribution in [2.75, 3.05) is 33.3 Å². The van der Waals surface area contributed by atoms with E-state index >= 15 is 0 Å². The maximum absolute atomic E-state index is 9.44. The lowest BCUT2D eigenvalue weighted by molar-refractivity contribution is 0.0720. The first-order valence-electron chi connectivity index (χ1n) is 6.28. The van der Waals surface area contributed by atoms with Gasteiger partial charge in [0.2, 0.25) is 0 Å². The molecule has 3 heteroatoms. The molecule has 1 unspecified atom stereocenters. The van der Waals surface area contributed by atoms with Crippen LogP contribution in [0.3, 0.4) is 0 Å². The van der Waals surface area contributed by atoms with Gasteiger partial charge in [0, 0.05) is 6.54 Å². The van der Waals surface area contributed by atoms with E-state index in [9.17, 15) is 5.11 Å². The Bertz CT molecular complexity index is 169. The fourth-order valence-corrected chi connectivity index (χ4v) is 2.42. The first-order chi connectivity index (χ1) is 7.26. The van der Waals surface area contributed by atoms with Crippen LogP contribution in [0.2, 0.25) is 0 Å². The molecule has 90 valence electrons. The van der Waals surface area contributed by atoms with Gasteiger partial charge in [-0.05, 0) is 39.4 Å². The molecule has 1 fully saturated rings. The molecule has 1 atom stereocenters. The average molecular weight is 214 g/mol. The Morgan fingerprint density at radius 2 is 2.20 bits per heavy atom. The standard InChI is InChI=1S/C12H26N2O/c1-3-4-5-8-14-9-6-7-12(10-14,11-15)13-2/h13,15H,3-11H2,1-2H3. The van der Waals surface area contributed by atoms with Crippen LogP contribution in [0, 0.1) is 0 Å². The summed E-state index contributed by atoms with van der Waals surface area (Å²) in [7, 11) is 1.96. The average Bonchev–Trinajstić information content (AvgIpc) is 2.30. The van der Waals surface area contributed by atoms with Gasteiger partial charge in [0.1, 0.15) is 0 Å². The van der Waals surface area contributed by atoms with Gasteiger partial charge in [0.05, 0.1) is 12.1 Å². The van der Waals surface area contributed by atoms with Gasteiger partial charge >= 0.3 is 0 Å². The van der Waals surface area contributed by atoms with E-state index in [1.807, 2.05) is 7.05 Å². The van der Waals surface area contributed by atoms with Crippen LogP contribution in [-0.4, -0.2) is 48.8 Å². The minimum absolute atomic E-state index is 0.0372. The quantitative estimate of drug-likeness (QED) is 0.653. The molecule has 15 heavy (non-hydrogen) atoms. The number of hydrogen-bond acceptors (Lipinski definition) is 3. The van der Waals surface area contributed by atoms with Crippen LogP contribution in [0.1, 0.15) is 39.0 Å². The van der Waals surface area contributed by atoms with Crippen LogP contribution in [0.25, 0.3) is 0 Å². The highest BCUT2D eigenvalue weighted by molar-refractivity contribution is 4.93. The van der Waals surface area contributed by atoms with Crippen molar-refractivity contribution in [1.29, 1.82) is 0 Å². The third-order valence-electron chi connectivity index (χ3n) is 3.57. The molecule has 2 N–H and O–H groups in total. The first kappa shape index (κ1) is 12.9. The lowest BCUT2D eigenvalue weighted by Gasteiger charge is -2.41. The van der Waals surface area contributed by atoms with Gasteiger partial charge in [-0.25, -0.2) is 0 Å². The highest BCUT2D eigenvalue weighted by Gasteiger charge is 2.32. The SMILES string of the molecule is CCCCCN1CCCC(CO)(NC)C1. The maximum Gasteiger partial charge on any atom is 0.0625 e. The number of nitrogens with zero attached hydrogens (tertiary/aromatic N) is 1. The minimum atomic E-state index is -0.0372. The van der Waals surface area contributed by atoms with Gasteiger partial charge < -0.3 is 15.3 Å². The molecule has 0 spiro atoms. The molecule has 0 aromatic heterocycles. The fraction of sp³-hybridized carbons (Fsp3) is 1.00. The Balaban J connectivity index is 2.34. The third kappa shape index (κ3) is 3.74. The molecule has 0 radical (unpaired) electrons. The summed E-state index contributed by atoms with van der Waals surface area (Å²) >= 11 is 0. The fourth-order valence-electron chi connectivity index (χ4n) is 2.42. The Kier molecular flexibility index (Phi) is 5.58. The smallest absolute Gasteiger partial charge is 0.0625 e. The molecule has 0 aromatic rings. The number of unbranched alkanes of at least 4 members (excludes halogenated alkanes) is 2. The summed E-state index contributed by atoms with van der Waals surface area (Å²) in [5.41, 5.74) is -0.0372. The highest BCUT2D eigenvalue weighted by Crippen LogP contribution is 2.20. The summed E-state index contributed by atoms with van der Waals surface area (Å²) in [6, 6.07) is 0. The zero-order chi connectivity index (χ0) is 11.1. The topological polar surface area (TPSA) is 35.5 Å². The summed E-state index contributed by atoms with van der Waals surface area (Å²) in [4.78, 5) is 2.49. The zero-order valence-electron chi connectivity index (χ0n) is 10.3. The van der Waals surface area contributed by atoms with E-state index in [2.05, 4.69) is 17.1 Å².